The second kappa shape index (κ2) is 3.47. The van der Waals surface area contributed by atoms with Crippen LogP contribution in [-0.4, -0.2) is 20.1 Å². The van der Waals surface area contributed by atoms with Crippen molar-refractivity contribution >= 4 is 15.4 Å². The molecular weight excluding hydrogens is 212 g/mol. The molecule has 0 unspecified atom stereocenters. The van der Waals surface area contributed by atoms with Crippen molar-refractivity contribution in [3.63, 3.8) is 0 Å². The molecule has 1 aromatic rings. The maximum absolute atomic E-state index is 11.7. The summed E-state index contributed by atoms with van der Waals surface area (Å²) in [6, 6.07) is 5.18. The summed E-state index contributed by atoms with van der Waals surface area (Å²) >= 11 is 0. The van der Waals surface area contributed by atoms with Gasteiger partial charge in [-0.1, -0.05) is 12.1 Å². The molecule has 0 saturated heterocycles. The van der Waals surface area contributed by atoms with Crippen molar-refractivity contribution in [3.8, 4) is 0 Å². The van der Waals surface area contributed by atoms with Crippen LogP contribution in [0.25, 0.3) is 5.57 Å². The van der Waals surface area contributed by atoms with Crippen LogP contribution >= 0.6 is 0 Å². The molecule has 1 aliphatic heterocycles. The summed E-state index contributed by atoms with van der Waals surface area (Å²) in [6.45, 7) is 1.81. The number of benzene rings is 1. The van der Waals surface area contributed by atoms with E-state index in [9.17, 15) is 8.42 Å². The molecule has 0 fully saturated rings. The second-order valence-corrected chi connectivity index (χ2v) is 5.38. The van der Waals surface area contributed by atoms with Crippen molar-refractivity contribution in [1.29, 1.82) is 0 Å². The average Bonchev–Trinajstić information content (AvgIpc) is 2.39. The SMILES string of the molecule is CC1=CS(=O)(=O)c2cccc(CCO)c21. The number of sulfone groups is 1. The minimum atomic E-state index is -3.24. The van der Waals surface area contributed by atoms with Gasteiger partial charge in [-0.05, 0) is 30.5 Å². The van der Waals surface area contributed by atoms with Crippen LogP contribution in [0.3, 0.4) is 0 Å². The maximum atomic E-state index is 11.7. The van der Waals surface area contributed by atoms with Crippen molar-refractivity contribution in [2.24, 2.45) is 0 Å². The van der Waals surface area contributed by atoms with Gasteiger partial charge in [0.2, 0.25) is 9.84 Å². The molecule has 0 radical (unpaired) electrons. The predicted molar refractivity (Wildman–Crippen MR) is 58.1 cm³/mol. The highest BCUT2D eigenvalue weighted by atomic mass is 32.2. The van der Waals surface area contributed by atoms with E-state index < -0.39 is 9.84 Å². The van der Waals surface area contributed by atoms with Crippen molar-refractivity contribution in [2.45, 2.75) is 18.2 Å². The third-order valence-corrected chi connectivity index (χ3v) is 4.14. The van der Waals surface area contributed by atoms with Crippen LogP contribution in [0.5, 0.6) is 0 Å². The summed E-state index contributed by atoms with van der Waals surface area (Å²) in [5.74, 6) is 0. The molecule has 0 spiro atoms. The van der Waals surface area contributed by atoms with E-state index in [2.05, 4.69) is 0 Å². The first-order valence-corrected chi connectivity index (χ1v) is 6.27. The molecule has 1 heterocycles. The van der Waals surface area contributed by atoms with Gasteiger partial charge in [0.05, 0.1) is 4.90 Å². The fourth-order valence-electron chi connectivity index (χ4n) is 1.95. The fraction of sp³-hybridized carbons (Fsp3) is 0.273. The molecule has 0 atom stereocenters. The summed E-state index contributed by atoms with van der Waals surface area (Å²) in [7, 11) is -3.24. The minimum absolute atomic E-state index is 0.0315. The van der Waals surface area contributed by atoms with Crippen LogP contribution in [0.4, 0.5) is 0 Å². The van der Waals surface area contributed by atoms with E-state index in [1.807, 2.05) is 6.07 Å². The van der Waals surface area contributed by atoms with Gasteiger partial charge >= 0.3 is 0 Å². The average molecular weight is 224 g/mol. The standard InChI is InChI=1S/C11H12O3S/c1-8-7-15(13,14)10-4-2-3-9(5-6-12)11(8)10/h2-4,7,12H,5-6H2,1H3. The quantitative estimate of drug-likeness (QED) is 0.825. The van der Waals surface area contributed by atoms with Crippen LogP contribution < -0.4 is 0 Å². The van der Waals surface area contributed by atoms with Crippen molar-refractivity contribution in [1.82, 2.24) is 0 Å². The van der Waals surface area contributed by atoms with E-state index in [0.29, 0.717) is 11.3 Å². The zero-order valence-corrected chi connectivity index (χ0v) is 9.21. The zero-order chi connectivity index (χ0) is 11.1. The lowest BCUT2D eigenvalue weighted by molar-refractivity contribution is 0.299. The van der Waals surface area contributed by atoms with E-state index in [0.717, 1.165) is 16.7 Å². The smallest absolute Gasteiger partial charge is 0.200 e. The molecule has 3 nitrogen and oxygen atoms in total. The summed E-state index contributed by atoms with van der Waals surface area (Å²) < 4.78 is 23.4. The molecule has 2 rings (SSSR count). The summed E-state index contributed by atoms with van der Waals surface area (Å²) in [5.41, 5.74) is 2.42. The number of fused-ring (bicyclic) bond motifs is 1. The van der Waals surface area contributed by atoms with Crippen LogP contribution in [0.2, 0.25) is 0 Å². The highest BCUT2D eigenvalue weighted by Crippen LogP contribution is 2.35. The molecule has 15 heavy (non-hydrogen) atoms. The van der Waals surface area contributed by atoms with Crippen LogP contribution in [0.15, 0.2) is 28.5 Å². The molecule has 0 bridgehead atoms. The molecule has 1 aliphatic rings. The van der Waals surface area contributed by atoms with Crippen LogP contribution in [0.1, 0.15) is 18.1 Å². The lowest BCUT2D eigenvalue weighted by atomic mass is 10.00. The van der Waals surface area contributed by atoms with Gasteiger partial charge in [0, 0.05) is 17.6 Å². The monoisotopic (exact) mass is 224 g/mol. The first-order valence-electron chi connectivity index (χ1n) is 4.73. The lowest BCUT2D eigenvalue weighted by Gasteiger charge is -2.07. The number of aliphatic hydroxyl groups excluding tert-OH is 1. The van der Waals surface area contributed by atoms with Crippen LogP contribution in [0, 0.1) is 0 Å². The Balaban J connectivity index is 2.69. The van der Waals surface area contributed by atoms with E-state index in [4.69, 9.17) is 5.11 Å². The van der Waals surface area contributed by atoms with Crippen molar-refractivity contribution in [2.75, 3.05) is 6.61 Å². The molecule has 4 heteroatoms. The van der Waals surface area contributed by atoms with Crippen molar-refractivity contribution < 1.29 is 13.5 Å². The van der Waals surface area contributed by atoms with Crippen LogP contribution in [-0.2, 0) is 16.3 Å². The molecular formula is C11H12O3S. The summed E-state index contributed by atoms with van der Waals surface area (Å²) in [6.07, 6.45) is 0.490. The Morgan fingerprint density at radius 3 is 2.73 bits per heavy atom. The zero-order valence-electron chi connectivity index (χ0n) is 8.40. The Morgan fingerprint density at radius 2 is 2.07 bits per heavy atom. The highest BCUT2D eigenvalue weighted by molar-refractivity contribution is 7.95. The van der Waals surface area contributed by atoms with E-state index >= 15 is 0 Å². The van der Waals surface area contributed by atoms with Gasteiger partial charge < -0.3 is 5.11 Å². The van der Waals surface area contributed by atoms with Gasteiger partial charge in [-0.2, -0.15) is 0 Å². The first-order chi connectivity index (χ1) is 7.06. The first kappa shape index (κ1) is 10.4. The third kappa shape index (κ3) is 1.60. The molecule has 0 aliphatic carbocycles. The fourth-order valence-corrected chi connectivity index (χ4v) is 3.50. The molecule has 0 aromatic heterocycles. The second-order valence-electron chi connectivity index (χ2n) is 3.61. The van der Waals surface area contributed by atoms with Gasteiger partial charge in [-0.25, -0.2) is 8.42 Å². The molecule has 1 N–H and O–H groups in total. The van der Waals surface area contributed by atoms with E-state index in [1.165, 1.54) is 5.41 Å². The van der Waals surface area contributed by atoms with Gasteiger partial charge in [-0.3, -0.25) is 0 Å². The molecule has 1 aromatic carbocycles. The highest BCUT2D eigenvalue weighted by Gasteiger charge is 2.26. The summed E-state index contributed by atoms with van der Waals surface area (Å²) in [5, 5.41) is 10.2. The molecule has 0 saturated carbocycles. The van der Waals surface area contributed by atoms with Crippen molar-refractivity contribution in [3.05, 3.63) is 34.7 Å². The lowest BCUT2D eigenvalue weighted by Crippen LogP contribution is -1.99. The number of aliphatic hydroxyl groups is 1. The van der Waals surface area contributed by atoms with E-state index in [1.54, 1.807) is 19.1 Å². The molecule has 80 valence electrons. The largest absolute Gasteiger partial charge is 0.396 e. The normalized spacial score (nSPS) is 17.3. The van der Waals surface area contributed by atoms with E-state index in [-0.39, 0.29) is 6.61 Å². The summed E-state index contributed by atoms with van der Waals surface area (Å²) in [4.78, 5) is 0.367. The van der Waals surface area contributed by atoms with Gasteiger partial charge in [0.15, 0.2) is 0 Å². The number of allylic oxidation sites excluding steroid dienone is 1. The Labute approximate surface area is 89.0 Å². The van der Waals surface area contributed by atoms with Gasteiger partial charge in [0.25, 0.3) is 0 Å². The Kier molecular flexibility index (Phi) is 2.40. The Bertz CT molecular complexity index is 527. The Hall–Kier alpha value is -1.13. The topological polar surface area (TPSA) is 54.4 Å². The Morgan fingerprint density at radius 1 is 1.33 bits per heavy atom. The van der Waals surface area contributed by atoms with Gasteiger partial charge in [0.1, 0.15) is 0 Å². The minimum Gasteiger partial charge on any atom is -0.396 e. The maximum Gasteiger partial charge on any atom is 0.200 e. The number of hydrogen-bond acceptors (Lipinski definition) is 3. The third-order valence-electron chi connectivity index (χ3n) is 2.53. The molecule has 0 amide bonds. The number of hydrogen-bond donors (Lipinski definition) is 1. The predicted octanol–water partition coefficient (Wildman–Crippen LogP) is 1.37. The van der Waals surface area contributed by atoms with Gasteiger partial charge in [-0.15, -0.1) is 0 Å². The number of rotatable bonds is 2.